The molecule has 0 unspecified atom stereocenters. The van der Waals surface area contributed by atoms with Gasteiger partial charge < -0.3 is 14.5 Å². The highest BCUT2D eigenvalue weighted by atomic mass is 16.5. The number of fused-ring (bicyclic) bond motifs is 1. The van der Waals surface area contributed by atoms with Gasteiger partial charge in [0.25, 0.3) is 5.91 Å². The zero-order valence-corrected chi connectivity index (χ0v) is 13.3. The van der Waals surface area contributed by atoms with Crippen LogP contribution in [0.5, 0.6) is 5.75 Å². The summed E-state index contributed by atoms with van der Waals surface area (Å²) in [5.74, 6) is 0.937. The molecule has 1 N–H and O–H groups in total. The largest absolute Gasteiger partial charge is 0.491 e. The fourth-order valence-electron chi connectivity index (χ4n) is 2.39. The second kappa shape index (κ2) is 6.57. The Kier molecular flexibility index (Phi) is 4.33. The number of hydrogen-bond acceptors (Lipinski definition) is 3. The van der Waals surface area contributed by atoms with Crippen molar-refractivity contribution < 1.29 is 13.9 Å². The number of nitrogens with one attached hydrogen (secondary N) is 1. The predicted molar refractivity (Wildman–Crippen MR) is 90.0 cm³/mol. The van der Waals surface area contributed by atoms with Crippen LogP contribution in [0.2, 0.25) is 0 Å². The third kappa shape index (κ3) is 3.37. The van der Waals surface area contributed by atoms with Gasteiger partial charge in [-0.15, -0.1) is 0 Å². The molecule has 2 aromatic carbocycles. The first-order valence-electron chi connectivity index (χ1n) is 7.61. The minimum Gasteiger partial charge on any atom is -0.491 e. The Labute approximate surface area is 135 Å². The fourth-order valence-corrected chi connectivity index (χ4v) is 2.39. The average Bonchev–Trinajstić information content (AvgIpc) is 2.99. The van der Waals surface area contributed by atoms with Crippen LogP contribution in [0.1, 0.15) is 21.7 Å². The van der Waals surface area contributed by atoms with E-state index in [4.69, 9.17) is 9.15 Å². The van der Waals surface area contributed by atoms with Gasteiger partial charge in [-0.2, -0.15) is 0 Å². The van der Waals surface area contributed by atoms with Crippen LogP contribution in [0.4, 0.5) is 0 Å². The molecule has 4 nitrogen and oxygen atoms in total. The van der Waals surface area contributed by atoms with Gasteiger partial charge in [0.05, 0.1) is 6.54 Å². The van der Waals surface area contributed by atoms with Crippen LogP contribution in [0, 0.1) is 13.8 Å². The lowest BCUT2D eigenvalue weighted by Crippen LogP contribution is -2.27. The van der Waals surface area contributed by atoms with E-state index in [0.717, 1.165) is 16.7 Å². The molecule has 0 saturated carbocycles. The number of ether oxygens (including phenoxy) is 1. The lowest BCUT2D eigenvalue weighted by molar-refractivity contribution is 0.0921. The Morgan fingerprint density at radius 2 is 1.96 bits per heavy atom. The van der Waals surface area contributed by atoms with Crippen molar-refractivity contribution in [3.8, 4) is 5.75 Å². The molecule has 0 aliphatic rings. The highest BCUT2D eigenvalue weighted by molar-refractivity contribution is 5.96. The summed E-state index contributed by atoms with van der Waals surface area (Å²) >= 11 is 0. The van der Waals surface area contributed by atoms with E-state index in [1.54, 1.807) is 6.07 Å². The van der Waals surface area contributed by atoms with Crippen molar-refractivity contribution in [2.75, 3.05) is 13.2 Å². The summed E-state index contributed by atoms with van der Waals surface area (Å²) < 4.78 is 11.2. The molecule has 0 bridgehead atoms. The van der Waals surface area contributed by atoms with Gasteiger partial charge in [0.15, 0.2) is 5.76 Å². The number of para-hydroxylation sites is 1. The summed E-state index contributed by atoms with van der Waals surface area (Å²) in [5.41, 5.74) is 3.02. The quantitative estimate of drug-likeness (QED) is 0.728. The van der Waals surface area contributed by atoms with Crippen molar-refractivity contribution in [2.45, 2.75) is 13.8 Å². The maximum atomic E-state index is 12.1. The van der Waals surface area contributed by atoms with E-state index in [9.17, 15) is 4.79 Å². The van der Waals surface area contributed by atoms with Crippen LogP contribution in [0.15, 0.2) is 52.9 Å². The maximum Gasteiger partial charge on any atom is 0.287 e. The highest BCUT2D eigenvalue weighted by Gasteiger charge is 2.11. The van der Waals surface area contributed by atoms with Crippen LogP contribution in [0.25, 0.3) is 11.0 Å². The molecular weight excluding hydrogens is 290 g/mol. The summed E-state index contributed by atoms with van der Waals surface area (Å²) in [5, 5.41) is 3.73. The van der Waals surface area contributed by atoms with Crippen LogP contribution in [-0.4, -0.2) is 19.1 Å². The summed E-state index contributed by atoms with van der Waals surface area (Å²) in [4.78, 5) is 12.1. The lowest BCUT2D eigenvalue weighted by Gasteiger charge is -2.11. The molecule has 4 heteroatoms. The Hall–Kier alpha value is -2.75. The Morgan fingerprint density at radius 3 is 2.78 bits per heavy atom. The average molecular weight is 309 g/mol. The van der Waals surface area contributed by atoms with Gasteiger partial charge in [0.2, 0.25) is 0 Å². The molecule has 3 rings (SSSR count). The zero-order chi connectivity index (χ0) is 16.2. The van der Waals surface area contributed by atoms with E-state index >= 15 is 0 Å². The summed E-state index contributed by atoms with van der Waals surface area (Å²) in [6.07, 6.45) is 0. The number of benzene rings is 2. The smallest absolute Gasteiger partial charge is 0.287 e. The number of hydrogen-bond donors (Lipinski definition) is 1. The van der Waals surface area contributed by atoms with Gasteiger partial charge in [0, 0.05) is 5.39 Å². The molecule has 0 aliphatic carbocycles. The molecule has 0 aliphatic heterocycles. The molecule has 0 fully saturated rings. The van der Waals surface area contributed by atoms with E-state index < -0.39 is 0 Å². The molecular formula is C19H19NO3. The molecule has 0 spiro atoms. The van der Waals surface area contributed by atoms with Crippen LogP contribution >= 0.6 is 0 Å². The number of aryl methyl sites for hydroxylation is 1. The van der Waals surface area contributed by atoms with E-state index in [2.05, 4.69) is 5.32 Å². The maximum absolute atomic E-state index is 12.1. The number of rotatable bonds is 5. The lowest BCUT2D eigenvalue weighted by atomic mass is 10.1. The first-order valence-corrected chi connectivity index (χ1v) is 7.61. The summed E-state index contributed by atoms with van der Waals surface area (Å²) in [6.45, 7) is 4.91. The van der Waals surface area contributed by atoms with Crippen LogP contribution in [0.3, 0.4) is 0 Å². The predicted octanol–water partition coefficient (Wildman–Crippen LogP) is 3.86. The van der Waals surface area contributed by atoms with Crippen molar-refractivity contribution in [1.82, 2.24) is 5.32 Å². The Balaban J connectivity index is 1.54. The molecule has 1 aromatic heterocycles. The monoisotopic (exact) mass is 309 g/mol. The van der Waals surface area contributed by atoms with Gasteiger partial charge in [-0.25, -0.2) is 0 Å². The van der Waals surface area contributed by atoms with Crippen molar-refractivity contribution in [2.24, 2.45) is 0 Å². The number of amides is 1. The first kappa shape index (κ1) is 15.2. The fraction of sp³-hybridized carbons (Fsp3) is 0.211. The highest BCUT2D eigenvalue weighted by Crippen LogP contribution is 2.20. The van der Waals surface area contributed by atoms with Gasteiger partial charge in [-0.1, -0.05) is 30.3 Å². The van der Waals surface area contributed by atoms with Crippen LogP contribution < -0.4 is 10.1 Å². The van der Waals surface area contributed by atoms with Gasteiger partial charge in [0.1, 0.15) is 17.9 Å². The topological polar surface area (TPSA) is 51.5 Å². The van der Waals surface area contributed by atoms with Crippen molar-refractivity contribution >= 4 is 16.9 Å². The third-order valence-electron chi connectivity index (χ3n) is 3.85. The normalized spacial score (nSPS) is 10.7. The van der Waals surface area contributed by atoms with E-state index in [1.165, 1.54) is 5.56 Å². The van der Waals surface area contributed by atoms with Crippen molar-refractivity contribution in [3.05, 3.63) is 65.4 Å². The van der Waals surface area contributed by atoms with Gasteiger partial charge >= 0.3 is 0 Å². The van der Waals surface area contributed by atoms with Gasteiger partial charge in [-0.05, 0) is 43.2 Å². The minimum atomic E-state index is -0.231. The van der Waals surface area contributed by atoms with Gasteiger partial charge in [-0.3, -0.25) is 4.79 Å². The molecule has 1 heterocycles. The molecule has 118 valence electrons. The molecule has 3 aromatic rings. The Bertz CT molecular complexity index is 803. The molecule has 0 atom stereocenters. The summed E-state index contributed by atoms with van der Waals surface area (Å²) in [7, 11) is 0. The first-order chi connectivity index (χ1) is 11.1. The molecule has 23 heavy (non-hydrogen) atoms. The number of furan rings is 1. The van der Waals surface area contributed by atoms with E-state index in [0.29, 0.717) is 24.5 Å². The standard InChI is InChI=1S/C19H19NO3/c1-13-6-5-9-16(14(13)2)22-11-10-20-19(21)18-12-15-7-3-4-8-17(15)23-18/h3-9,12H,10-11H2,1-2H3,(H,20,21). The molecule has 0 radical (unpaired) electrons. The minimum absolute atomic E-state index is 0.231. The molecule has 1 amide bonds. The summed E-state index contributed by atoms with van der Waals surface area (Å²) in [6, 6.07) is 15.2. The number of carbonyl (C=O) groups is 1. The van der Waals surface area contributed by atoms with E-state index in [1.807, 2.05) is 56.3 Å². The molecule has 0 saturated heterocycles. The van der Waals surface area contributed by atoms with Crippen LogP contribution in [-0.2, 0) is 0 Å². The number of carbonyl (C=O) groups excluding carboxylic acids is 1. The second-order valence-electron chi connectivity index (χ2n) is 5.45. The second-order valence-corrected chi connectivity index (χ2v) is 5.45. The third-order valence-corrected chi connectivity index (χ3v) is 3.85. The van der Waals surface area contributed by atoms with Crippen molar-refractivity contribution in [1.29, 1.82) is 0 Å². The zero-order valence-electron chi connectivity index (χ0n) is 13.3. The van der Waals surface area contributed by atoms with Crippen molar-refractivity contribution in [3.63, 3.8) is 0 Å². The Morgan fingerprint density at radius 1 is 1.13 bits per heavy atom. The SMILES string of the molecule is Cc1cccc(OCCNC(=O)c2cc3ccccc3o2)c1C. The van der Waals surface area contributed by atoms with E-state index in [-0.39, 0.29) is 5.91 Å².